The molecule has 1 aliphatic rings. The summed E-state index contributed by atoms with van der Waals surface area (Å²) in [5.41, 5.74) is 1.22. The molecule has 1 heterocycles. The Bertz CT molecular complexity index is 394. The highest BCUT2D eigenvalue weighted by Crippen LogP contribution is 2.29. The summed E-state index contributed by atoms with van der Waals surface area (Å²) in [6.45, 7) is 1.70. The van der Waals surface area contributed by atoms with E-state index in [9.17, 15) is 9.90 Å². The monoisotopic (exact) mass is 262 g/mol. The highest BCUT2D eigenvalue weighted by Gasteiger charge is 2.30. The third-order valence-corrected chi connectivity index (χ3v) is 3.95. The Morgan fingerprint density at radius 1 is 1.42 bits per heavy atom. The van der Waals surface area contributed by atoms with Crippen molar-refractivity contribution in [2.75, 3.05) is 13.1 Å². The molecule has 1 fully saturated rings. The van der Waals surface area contributed by atoms with Crippen LogP contribution in [0.4, 0.5) is 0 Å². The van der Waals surface area contributed by atoms with E-state index in [0.717, 1.165) is 38.8 Å². The van der Waals surface area contributed by atoms with Crippen LogP contribution >= 0.6 is 0 Å². The van der Waals surface area contributed by atoms with E-state index in [0.29, 0.717) is 5.92 Å². The van der Waals surface area contributed by atoms with Gasteiger partial charge in [-0.1, -0.05) is 18.9 Å². The molecule has 2 atom stereocenters. The summed E-state index contributed by atoms with van der Waals surface area (Å²) in [7, 11) is 0. The van der Waals surface area contributed by atoms with Gasteiger partial charge in [0.1, 0.15) is 0 Å². The zero-order chi connectivity index (χ0) is 13.5. The molecule has 1 aliphatic carbocycles. The second kappa shape index (κ2) is 7.24. The van der Waals surface area contributed by atoms with Crippen molar-refractivity contribution in [1.29, 1.82) is 0 Å². The van der Waals surface area contributed by atoms with Crippen molar-refractivity contribution in [3.05, 3.63) is 30.1 Å². The van der Waals surface area contributed by atoms with Gasteiger partial charge in [0, 0.05) is 12.4 Å². The molecule has 1 aromatic rings. The minimum Gasteiger partial charge on any atom is -0.481 e. The Labute approximate surface area is 114 Å². The molecular formula is C15H22N2O2. The summed E-state index contributed by atoms with van der Waals surface area (Å²) in [5.74, 6) is -0.487. The van der Waals surface area contributed by atoms with E-state index in [1.54, 1.807) is 6.20 Å². The lowest BCUT2D eigenvalue weighted by atomic mass is 9.79. The summed E-state index contributed by atoms with van der Waals surface area (Å²) in [4.78, 5) is 15.3. The highest BCUT2D eigenvalue weighted by atomic mass is 16.4. The van der Waals surface area contributed by atoms with Crippen LogP contribution in [-0.2, 0) is 11.2 Å². The van der Waals surface area contributed by atoms with Gasteiger partial charge in [0.2, 0.25) is 0 Å². The number of aromatic nitrogens is 1. The lowest BCUT2D eigenvalue weighted by Gasteiger charge is -2.28. The maximum atomic E-state index is 11.2. The van der Waals surface area contributed by atoms with Gasteiger partial charge in [-0.05, 0) is 49.9 Å². The molecule has 4 nitrogen and oxygen atoms in total. The maximum absolute atomic E-state index is 11.2. The average molecular weight is 262 g/mol. The van der Waals surface area contributed by atoms with E-state index in [4.69, 9.17) is 0 Å². The number of hydrogen-bond donors (Lipinski definition) is 2. The van der Waals surface area contributed by atoms with Gasteiger partial charge in [0.25, 0.3) is 0 Å². The van der Waals surface area contributed by atoms with E-state index < -0.39 is 5.97 Å². The first-order valence-electron chi connectivity index (χ1n) is 7.10. The quantitative estimate of drug-likeness (QED) is 0.771. The number of carbonyl (C=O) groups is 1. The molecule has 2 N–H and O–H groups in total. The van der Waals surface area contributed by atoms with Crippen LogP contribution in [0.5, 0.6) is 0 Å². The fourth-order valence-electron chi connectivity index (χ4n) is 2.84. The summed E-state index contributed by atoms with van der Waals surface area (Å²) >= 11 is 0. The van der Waals surface area contributed by atoms with Crippen molar-refractivity contribution in [3.8, 4) is 0 Å². The molecule has 1 aromatic heterocycles. The molecule has 0 bridgehead atoms. The fraction of sp³-hybridized carbons (Fsp3) is 0.600. The molecule has 104 valence electrons. The number of pyridine rings is 1. The molecule has 19 heavy (non-hydrogen) atoms. The van der Waals surface area contributed by atoms with Crippen molar-refractivity contribution in [2.45, 2.75) is 32.1 Å². The van der Waals surface area contributed by atoms with Crippen LogP contribution < -0.4 is 5.32 Å². The van der Waals surface area contributed by atoms with Crippen LogP contribution in [0, 0.1) is 11.8 Å². The van der Waals surface area contributed by atoms with Crippen LogP contribution in [-0.4, -0.2) is 29.1 Å². The van der Waals surface area contributed by atoms with Gasteiger partial charge in [-0.3, -0.25) is 9.78 Å². The fourth-order valence-corrected chi connectivity index (χ4v) is 2.84. The van der Waals surface area contributed by atoms with Gasteiger partial charge in [-0.15, -0.1) is 0 Å². The van der Waals surface area contributed by atoms with Crippen LogP contribution in [0.1, 0.15) is 31.2 Å². The molecule has 4 heteroatoms. The third kappa shape index (κ3) is 4.31. The van der Waals surface area contributed by atoms with Crippen LogP contribution in [0.3, 0.4) is 0 Å². The molecule has 2 unspecified atom stereocenters. The first-order valence-corrected chi connectivity index (χ1v) is 7.10. The molecule has 0 spiro atoms. The van der Waals surface area contributed by atoms with Crippen molar-refractivity contribution in [1.82, 2.24) is 10.3 Å². The molecule has 0 amide bonds. The lowest BCUT2D eigenvalue weighted by molar-refractivity contribution is -0.144. The van der Waals surface area contributed by atoms with Crippen LogP contribution in [0.25, 0.3) is 0 Å². The largest absolute Gasteiger partial charge is 0.481 e. The second-order valence-corrected chi connectivity index (χ2v) is 5.30. The van der Waals surface area contributed by atoms with E-state index in [2.05, 4.69) is 16.4 Å². The smallest absolute Gasteiger partial charge is 0.306 e. The van der Waals surface area contributed by atoms with Crippen molar-refractivity contribution in [2.24, 2.45) is 11.8 Å². The lowest BCUT2D eigenvalue weighted by Crippen LogP contribution is -2.35. The van der Waals surface area contributed by atoms with E-state index in [1.165, 1.54) is 12.0 Å². The van der Waals surface area contributed by atoms with E-state index in [1.807, 2.05) is 12.3 Å². The number of nitrogens with zero attached hydrogens (tertiary/aromatic N) is 1. The summed E-state index contributed by atoms with van der Waals surface area (Å²) < 4.78 is 0. The Kier molecular flexibility index (Phi) is 5.33. The normalized spacial score (nSPS) is 23.2. The van der Waals surface area contributed by atoms with E-state index >= 15 is 0 Å². The predicted octanol–water partition coefficient (Wildman–Crippen LogP) is 2.10. The topological polar surface area (TPSA) is 62.2 Å². The van der Waals surface area contributed by atoms with Crippen molar-refractivity contribution in [3.63, 3.8) is 0 Å². The first kappa shape index (κ1) is 14.0. The number of carboxylic acid groups (broad SMARTS) is 1. The number of aliphatic carboxylic acids is 1. The minimum absolute atomic E-state index is 0.153. The van der Waals surface area contributed by atoms with Gasteiger partial charge >= 0.3 is 5.97 Å². The SMILES string of the molecule is O=C(O)C1CCCCC1CNCCc1cccnc1. The Morgan fingerprint density at radius 2 is 2.26 bits per heavy atom. The molecular weight excluding hydrogens is 240 g/mol. The van der Waals surface area contributed by atoms with Gasteiger partial charge < -0.3 is 10.4 Å². The Balaban J connectivity index is 1.71. The van der Waals surface area contributed by atoms with Crippen LogP contribution in [0.2, 0.25) is 0 Å². The third-order valence-electron chi connectivity index (χ3n) is 3.95. The Morgan fingerprint density at radius 3 is 3.00 bits per heavy atom. The van der Waals surface area contributed by atoms with Gasteiger partial charge in [-0.2, -0.15) is 0 Å². The van der Waals surface area contributed by atoms with Crippen molar-refractivity contribution >= 4 is 5.97 Å². The Hall–Kier alpha value is -1.42. The highest BCUT2D eigenvalue weighted by molar-refractivity contribution is 5.70. The summed E-state index contributed by atoms with van der Waals surface area (Å²) in [6, 6.07) is 4.01. The number of nitrogens with one attached hydrogen (secondary N) is 1. The maximum Gasteiger partial charge on any atom is 0.306 e. The van der Waals surface area contributed by atoms with Crippen molar-refractivity contribution < 1.29 is 9.90 Å². The van der Waals surface area contributed by atoms with Gasteiger partial charge in [0.15, 0.2) is 0 Å². The zero-order valence-corrected chi connectivity index (χ0v) is 11.2. The van der Waals surface area contributed by atoms with Crippen LogP contribution in [0.15, 0.2) is 24.5 Å². The minimum atomic E-state index is -0.626. The summed E-state index contributed by atoms with van der Waals surface area (Å²) in [6.07, 6.45) is 8.69. The second-order valence-electron chi connectivity index (χ2n) is 5.30. The van der Waals surface area contributed by atoms with Gasteiger partial charge in [-0.25, -0.2) is 0 Å². The average Bonchev–Trinajstić information content (AvgIpc) is 2.45. The van der Waals surface area contributed by atoms with Gasteiger partial charge in [0.05, 0.1) is 5.92 Å². The molecule has 0 aromatic carbocycles. The number of rotatable bonds is 6. The number of hydrogen-bond acceptors (Lipinski definition) is 3. The number of carboxylic acids is 1. The molecule has 2 rings (SSSR count). The zero-order valence-electron chi connectivity index (χ0n) is 11.2. The molecule has 1 saturated carbocycles. The molecule has 0 saturated heterocycles. The standard InChI is InChI=1S/C15H22N2O2/c18-15(19)14-6-2-1-5-13(14)11-17-9-7-12-4-3-8-16-10-12/h3-4,8,10,13-14,17H,1-2,5-7,9,11H2,(H,18,19). The van der Waals surface area contributed by atoms with E-state index in [-0.39, 0.29) is 5.92 Å². The summed E-state index contributed by atoms with van der Waals surface area (Å²) in [5, 5.41) is 12.6. The predicted molar refractivity (Wildman–Crippen MR) is 73.9 cm³/mol. The molecule has 0 radical (unpaired) electrons. The molecule has 0 aliphatic heterocycles. The first-order chi connectivity index (χ1) is 9.27.